The summed E-state index contributed by atoms with van der Waals surface area (Å²) >= 11 is 0. The maximum Gasteiger partial charge on any atom is 0.306 e. The molecule has 7 nitrogen and oxygen atoms in total. The molecular weight excluding hydrogens is 375 g/mol. The number of benzene rings is 1. The fourth-order valence-corrected chi connectivity index (χ4v) is 3.12. The number of carbonyl (C=O) groups is 2. The van der Waals surface area contributed by atoms with Gasteiger partial charge in [-0.25, -0.2) is 13.9 Å². The number of esters is 1. The van der Waals surface area contributed by atoms with Gasteiger partial charge in [-0.2, -0.15) is 5.10 Å². The maximum atomic E-state index is 13.5. The Kier molecular flexibility index (Phi) is 5.91. The van der Waals surface area contributed by atoms with Crippen LogP contribution in [0.25, 0.3) is 5.65 Å². The standard InChI is InChI=1S/C21H23FN4O3/c1-12-5-6-16(10-18(12)22)24-20(27)11-29-21(28)8-7-17-14(3)23-19-9-13(2)25-26(19)15(17)4/h5-6,9-10H,7-8,11H2,1-4H3,(H,24,27). The lowest BCUT2D eigenvalue weighted by atomic mass is 10.1. The van der Waals surface area contributed by atoms with E-state index in [0.717, 1.165) is 28.3 Å². The number of halogens is 1. The number of hydrogen-bond acceptors (Lipinski definition) is 5. The summed E-state index contributed by atoms with van der Waals surface area (Å²) in [6, 6.07) is 6.27. The second-order valence-corrected chi connectivity index (χ2v) is 6.99. The zero-order chi connectivity index (χ0) is 21.1. The lowest BCUT2D eigenvalue weighted by Crippen LogP contribution is -2.21. The highest BCUT2D eigenvalue weighted by Gasteiger charge is 2.14. The van der Waals surface area contributed by atoms with Crippen LogP contribution in [0.1, 0.15) is 34.6 Å². The maximum absolute atomic E-state index is 13.5. The molecule has 1 amide bonds. The van der Waals surface area contributed by atoms with Gasteiger partial charge in [-0.3, -0.25) is 9.59 Å². The molecule has 2 heterocycles. The summed E-state index contributed by atoms with van der Waals surface area (Å²) in [4.78, 5) is 28.5. The van der Waals surface area contributed by atoms with E-state index in [1.165, 1.54) is 6.07 Å². The number of carbonyl (C=O) groups excluding carboxylic acids is 2. The number of hydrogen-bond donors (Lipinski definition) is 1. The second-order valence-electron chi connectivity index (χ2n) is 6.99. The molecule has 0 aliphatic heterocycles. The summed E-state index contributed by atoms with van der Waals surface area (Å²) in [5, 5.41) is 6.91. The Hall–Kier alpha value is -3.29. The molecule has 3 rings (SSSR count). The molecule has 1 aromatic carbocycles. The molecule has 29 heavy (non-hydrogen) atoms. The van der Waals surface area contributed by atoms with Crippen molar-refractivity contribution in [3.8, 4) is 0 Å². The van der Waals surface area contributed by atoms with Gasteiger partial charge in [0.1, 0.15) is 5.82 Å². The first-order valence-electron chi connectivity index (χ1n) is 9.28. The Labute approximate surface area is 167 Å². The quantitative estimate of drug-likeness (QED) is 0.645. The predicted octanol–water partition coefficient (Wildman–Crippen LogP) is 3.22. The summed E-state index contributed by atoms with van der Waals surface area (Å²) < 4.78 is 20.3. The van der Waals surface area contributed by atoms with Crippen LogP contribution in [0.15, 0.2) is 24.3 Å². The van der Waals surface area contributed by atoms with Crippen LogP contribution in [0.4, 0.5) is 10.1 Å². The summed E-state index contributed by atoms with van der Waals surface area (Å²) in [5.74, 6) is -1.43. The monoisotopic (exact) mass is 398 g/mol. The third-order valence-corrected chi connectivity index (χ3v) is 4.69. The summed E-state index contributed by atoms with van der Waals surface area (Å²) in [7, 11) is 0. The van der Waals surface area contributed by atoms with Crippen molar-refractivity contribution in [2.24, 2.45) is 0 Å². The van der Waals surface area contributed by atoms with Crippen molar-refractivity contribution in [2.45, 2.75) is 40.5 Å². The number of nitrogens with zero attached hydrogens (tertiary/aromatic N) is 3. The summed E-state index contributed by atoms with van der Waals surface area (Å²) in [6.45, 7) is 6.93. The van der Waals surface area contributed by atoms with Gasteiger partial charge >= 0.3 is 5.97 Å². The van der Waals surface area contributed by atoms with E-state index in [4.69, 9.17) is 4.74 Å². The fourth-order valence-electron chi connectivity index (χ4n) is 3.12. The highest BCUT2D eigenvalue weighted by molar-refractivity contribution is 5.92. The normalized spacial score (nSPS) is 10.9. The van der Waals surface area contributed by atoms with E-state index < -0.39 is 24.3 Å². The van der Waals surface area contributed by atoms with Crippen LogP contribution in [0, 0.1) is 33.5 Å². The van der Waals surface area contributed by atoms with Gasteiger partial charge in [-0.1, -0.05) is 6.07 Å². The van der Waals surface area contributed by atoms with Gasteiger partial charge in [0.25, 0.3) is 5.91 Å². The van der Waals surface area contributed by atoms with Crippen LogP contribution in [0.3, 0.4) is 0 Å². The van der Waals surface area contributed by atoms with Crippen LogP contribution < -0.4 is 5.32 Å². The van der Waals surface area contributed by atoms with Crippen LogP contribution in [0.5, 0.6) is 0 Å². The molecule has 0 bridgehead atoms. The van der Waals surface area contributed by atoms with E-state index >= 15 is 0 Å². The molecule has 0 saturated heterocycles. The van der Waals surface area contributed by atoms with Crippen molar-refractivity contribution in [2.75, 3.05) is 11.9 Å². The molecule has 2 aromatic heterocycles. The molecule has 0 unspecified atom stereocenters. The van der Waals surface area contributed by atoms with E-state index in [2.05, 4.69) is 15.4 Å². The number of nitrogens with one attached hydrogen (secondary N) is 1. The van der Waals surface area contributed by atoms with E-state index in [-0.39, 0.29) is 6.42 Å². The minimum atomic E-state index is -0.524. The van der Waals surface area contributed by atoms with Crippen molar-refractivity contribution in [3.63, 3.8) is 0 Å². The molecule has 3 aromatic rings. The number of amides is 1. The highest BCUT2D eigenvalue weighted by Crippen LogP contribution is 2.17. The number of aryl methyl sites for hydroxylation is 4. The molecule has 0 fully saturated rings. The number of ether oxygens (including phenoxy) is 1. The Morgan fingerprint density at radius 2 is 1.93 bits per heavy atom. The van der Waals surface area contributed by atoms with Gasteiger partial charge in [0.05, 0.1) is 5.69 Å². The number of fused-ring (bicyclic) bond motifs is 1. The zero-order valence-corrected chi connectivity index (χ0v) is 16.9. The minimum absolute atomic E-state index is 0.113. The number of anilines is 1. The molecule has 152 valence electrons. The predicted molar refractivity (Wildman–Crippen MR) is 106 cm³/mol. The molecule has 0 radical (unpaired) electrons. The van der Waals surface area contributed by atoms with Crippen molar-refractivity contribution in [1.29, 1.82) is 0 Å². The van der Waals surface area contributed by atoms with Crippen molar-refractivity contribution >= 4 is 23.2 Å². The molecule has 0 aliphatic rings. The zero-order valence-electron chi connectivity index (χ0n) is 16.9. The van der Waals surface area contributed by atoms with E-state index in [9.17, 15) is 14.0 Å². The van der Waals surface area contributed by atoms with Gasteiger partial charge in [0.15, 0.2) is 12.3 Å². The van der Waals surface area contributed by atoms with Crippen LogP contribution in [-0.2, 0) is 20.7 Å². The fraction of sp³-hybridized carbons (Fsp3) is 0.333. The lowest BCUT2D eigenvalue weighted by molar-refractivity contribution is -0.147. The molecule has 1 N–H and O–H groups in total. The molecule has 0 atom stereocenters. The molecule has 0 aliphatic carbocycles. The van der Waals surface area contributed by atoms with Crippen LogP contribution >= 0.6 is 0 Å². The van der Waals surface area contributed by atoms with Crippen LogP contribution in [0.2, 0.25) is 0 Å². The van der Waals surface area contributed by atoms with Gasteiger partial charge < -0.3 is 10.1 Å². The Balaban J connectivity index is 1.54. The molecule has 0 saturated carbocycles. The number of aromatic nitrogens is 3. The first kappa shape index (κ1) is 20.4. The third-order valence-electron chi connectivity index (χ3n) is 4.69. The van der Waals surface area contributed by atoms with Gasteiger partial charge in [0.2, 0.25) is 0 Å². The number of rotatable bonds is 6. The van der Waals surface area contributed by atoms with Crippen LogP contribution in [-0.4, -0.2) is 33.1 Å². The summed E-state index contributed by atoms with van der Waals surface area (Å²) in [6.07, 6.45) is 0.546. The average Bonchev–Trinajstić information content (AvgIpc) is 3.03. The van der Waals surface area contributed by atoms with Crippen molar-refractivity contribution < 1.29 is 18.7 Å². The largest absolute Gasteiger partial charge is 0.456 e. The first-order valence-corrected chi connectivity index (χ1v) is 9.28. The van der Waals surface area contributed by atoms with E-state index in [1.54, 1.807) is 23.6 Å². The lowest BCUT2D eigenvalue weighted by Gasteiger charge is -2.11. The Bertz CT molecular complexity index is 1090. The van der Waals surface area contributed by atoms with E-state index in [0.29, 0.717) is 17.7 Å². The van der Waals surface area contributed by atoms with Gasteiger partial charge in [0, 0.05) is 29.6 Å². The Morgan fingerprint density at radius 1 is 1.17 bits per heavy atom. The van der Waals surface area contributed by atoms with Gasteiger partial charge in [-0.15, -0.1) is 0 Å². The second kappa shape index (κ2) is 8.38. The molecule has 0 spiro atoms. The Morgan fingerprint density at radius 3 is 2.66 bits per heavy atom. The van der Waals surface area contributed by atoms with Crippen molar-refractivity contribution in [3.05, 3.63) is 58.3 Å². The highest BCUT2D eigenvalue weighted by atomic mass is 19.1. The average molecular weight is 398 g/mol. The smallest absolute Gasteiger partial charge is 0.306 e. The van der Waals surface area contributed by atoms with Gasteiger partial charge in [-0.05, 0) is 57.4 Å². The van der Waals surface area contributed by atoms with E-state index in [1.807, 2.05) is 26.8 Å². The first-order chi connectivity index (χ1) is 13.7. The molecule has 8 heteroatoms. The third kappa shape index (κ3) is 4.77. The summed E-state index contributed by atoms with van der Waals surface area (Å²) in [5.41, 5.74) is 5.13. The topological polar surface area (TPSA) is 85.6 Å². The molecular formula is C21H23FN4O3. The SMILES string of the molecule is Cc1cc2nc(C)c(CCC(=O)OCC(=O)Nc3ccc(C)c(F)c3)c(C)n2n1. The van der Waals surface area contributed by atoms with Crippen molar-refractivity contribution in [1.82, 2.24) is 14.6 Å². The minimum Gasteiger partial charge on any atom is -0.456 e.